The van der Waals surface area contributed by atoms with Crippen LogP contribution >= 0.6 is 0 Å². The molecule has 0 aliphatic carbocycles. The molecule has 1 saturated heterocycles. The number of nitrogens with zero attached hydrogens (tertiary/aromatic N) is 1. The third-order valence-electron chi connectivity index (χ3n) is 3.33. The molecule has 1 aromatic carbocycles. The molecule has 0 radical (unpaired) electrons. The maximum absolute atomic E-state index is 9.77. The topological polar surface area (TPSA) is 23.2 Å². The van der Waals surface area contributed by atoms with Crippen molar-refractivity contribution in [2.75, 3.05) is 0 Å². The van der Waals surface area contributed by atoms with E-state index in [9.17, 15) is 5.11 Å². The van der Waals surface area contributed by atoms with Crippen molar-refractivity contribution in [2.45, 2.75) is 45.0 Å². The minimum atomic E-state index is -0.163. The number of rotatable bonds is 4. The molecule has 1 N–H and O–H groups in total. The van der Waals surface area contributed by atoms with Crippen LogP contribution in [0.25, 0.3) is 0 Å². The predicted molar refractivity (Wildman–Crippen MR) is 61.5 cm³/mol. The maximum atomic E-state index is 9.77. The Balaban J connectivity index is 1.93. The molecule has 0 aromatic heterocycles. The molecule has 4 atom stereocenters. The fourth-order valence-electron chi connectivity index (χ4n) is 2.26. The summed E-state index contributed by atoms with van der Waals surface area (Å²) in [6.07, 6.45) is 0.684. The number of hydrogen-bond donors (Lipinski definition) is 1. The van der Waals surface area contributed by atoms with Gasteiger partial charge in [0.25, 0.3) is 0 Å². The Morgan fingerprint density at radius 3 is 2.60 bits per heavy atom. The second-order valence-corrected chi connectivity index (χ2v) is 4.36. The van der Waals surface area contributed by atoms with Gasteiger partial charge in [0, 0.05) is 12.6 Å². The third-order valence-corrected chi connectivity index (χ3v) is 3.33. The Bertz CT molecular complexity index is 312. The first kappa shape index (κ1) is 10.7. The highest BCUT2D eigenvalue weighted by molar-refractivity contribution is 5.17. The van der Waals surface area contributed by atoms with E-state index >= 15 is 0 Å². The van der Waals surface area contributed by atoms with Crippen LogP contribution in [-0.4, -0.2) is 28.2 Å². The highest BCUT2D eigenvalue weighted by Gasteiger charge is 2.47. The van der Waals surface area contributed by atoms with Gasteiger partial charge in [-0.25, -0.2) is 0 Å². The fourth-order valence-corrected chi connectivity index (χ4v) is 2.26. The van der Waals surface area contributed by atoms with Gasteiger partial charge in [-0.1, -0.05) is 37.3 Å². The van der Waals surface area contributed by atoms with Crippen molar-refractivity contribution in [3.8, 4) is 0 Å². The predicted octanol–water partition coefficient (Wildman–Crippen LogP) is 2.03. The number of hydrogen-bond acceptors (Lipinski definition) is 2. The van der Waals surface area contributed by atoms with E-state index in [0.717, 1.165) is 13.0 Å². The van der Waals surface area contributed by atoms with E-state index in [0.29, 0.717) is 12.1 Å². The lowest BCUT2D eigenvalue weighted by molar-refractivity contribution is 0.150. The molecule has 0 amide bonds. The molecule has 15 heavy (non-hydrogen) atoms. The number of aliphatic hydroxyl groups is 1. The monoisotopic (exact) mass is 205 g/mol. The fraction of sp³-hybridized carbons (Fsp3) is 0.538. The van der Waals surface area contributed by atoms with Crippen LogP contribution in [-0.2, 0) is 6.54 Å². The van der Waals surface area contributed by atoms with Crippen LogP contribution in [0.15, 0.2) is 30.3 Å². The van der Waals surface area contributed by atoms with Gasteiger partial charge in [-0.2, -0.15) is 0 Å². The smallest absolute Gasteiger partial charge is 0.0708 e. The van der Waals surface area contributed by atoms with Crippen molar-refractivity contribution in [3.63, 3.8) is 0 Å². The lowest BCUT2D eigenvalue weighted by Gasteiger charge is -2.07. The normalized spacial score (nSPS) is 31.3. The van der Waals surface area contributed by atoms with Gasteiger partial charge in [0.2, 0.25) is 0 Å². The second kappa shape index (κ2) is 4.33. The SMILES string of the molecule is CC[C@H](O)[C@@H]1[C@H](C)N1Cc1ccccc1. The summed E-state index contributed by atoms with van der Waals surface area (Å²) in [6.45, 7) is 5.19. The third kappa shape index (κ3) is 2.21. The summed E-state index contributed by atoms with van der Waals surface area (Å²) >= 11 is 0. The minimum Gasteiger partial charge on any atom is -0.391 e. The van der Waals surface area contributed by atoms with Gasteiger partial charge in [-0.15, -0.1) is 0 Å². The van der Waals surface area contributed by atoms with E-state index in [1.54, 1.807) is 0 Å². The van der Waals surface area contributed by atoms with Crippen molar-refractivity contribution in [2.24, 2.45) is 0 Å². The van der Waals surface area contributed by atoms with E-state index in [2.05, 4.69) is 36.1 Å². The molecule has 1 unspecified atom stereocenters. The van der Waals surface area contributed by atoms with Crippen molar-refractivity contribution in [1.82, 2.24) is 4.90 Å². The average Bonchev–Trinajstić information content (AvgIpc) is 2.89. The van der Waals surface area contributed by atoms with Crippen LogP contribution in [0.5, 0.6) is 0 Å². The standard InChI is InChI=1S/C13H19NO/c1-3-12(15)13-10(2)14(13)9-11-7-5-4-6-8-11/h4-8,10,12-13,15H,3,9H2,1-2H3/t10-,12-,13-,14?/m0/s1. The minimum absolute atomic E-state index is 0.163. The molecule has 1 aliphatic rings. The molecule has 0 bridgehead atoms. The highest BCUT2D eigenvalue weighted by Crippen LogP contribution is 2.33. The Morgan fingerprint density at radius 2 is 2.00 bits per heavy atom. The zero-order chi connectivity index (χ0) is 10.8. The van der Waals surface area contributed by atoms with Crippen LogP contribution < -0.4 is 0 Å². The van der Waals surface area contributed by atoms with Crippen molar-refractivity contribution in [3.05, 3.63) is 35.9 Å². The lowest BCUT2D eigenvalue weighted by atomic mass is 10.2. The van der Waals surface area contributed by atoms with Gasteiger partial charge in [0.05, 0.1) is 12.1 Å². The summed E-state index contributed by atoms with van der Waals surface area (Å²) in [5.41, 5.74) is 1.33. The van der Waals surface area contributed by atoms with Crippen molar-refractivity contribution >= 4 is 0 Å². The molecule has 1 aromatic rings. The average molecular weight is 205 g/mol. The van der Waals surface area contributed by atoms with Gasteiger partial charge < -0.3 is 5.11 Å². The van der Waals surface area contributed by atoms with Gasteiger partial charge in [0.15, 0.2) is 0 Å². The lowest BCUT2D eigenvalue weighted by Crippen LogP contribution is -2.18. The molecular weight excluding hydrogens is 186 g/mol. The summed E-state index contributed by atoms with van der Waals surface area (Å²) in [7, 11) is 0. The Labute approximate surface area is 91.5 Å². The van der Waals surface area contributed by atoms with Gasteiger partial charge in [-0.3, -0.25) is 4.90 Å². The Kier molecular flexibility index (Phi) is 3.08. The van der Waals surface area contributed by atoms with Crippen LogP contribution in [0.4, 0.5) is 0 Å². The van der Waals surface area contributed by atoms with E-state index in [-0.39, 0.29) is 6.10 Å². The molecule has 2 nitrogen and oxygen atoms in total. The van der Waals surface area contributed by atoms with E-state index in [4.69, 9.17) is 0 Å². The van der Waals surface area contributed by atoms with Crippen LogP contribution in [0.1, 0.15) is 25.8 Å². The quantitative estimate of drug-likeness (QED) is 0.760. The molecular formula is C13H19NO. The van der Waals surface area contributed by atoms with Crippen LogP contribution in [0.2, 0.25) is 0 Å². The summed E-state index contributed by atoms with van der Waals surface area (Å²) in [4.78, 5) is 2.35. The molecule has 1 aliphatic heterocycles. The summed E-state index contributed by atoms with van der Waals surface area (Å²) in [5, 5.41) is 9.77. The van der Waals surface area contributed by atoms with Crippen molar-refractivity contribution < 1.29 is 5.11 Å². The second-order valence-electron chi connectivity index (χ2n) is 4.36. The molecule has 2 rings (SSSR count). The van der Waals surface area contributed by atoms with E-state index < -0.39 is 0 Å². The first-order valence-corrected chi connectivity index (χ1v) is 5.71. The van der Waals surface area contributed by atoms with Gasteiger partial charge >= 0.3 is 0 Å². The summed E-state index contributed by atoms with van der Waals surface area (Å²) in [5.74, 6) is 0. The van der Waals surface area contributed by atoms with Crippen molar-refractivity contribution in [1.29, 1.82) is 0 Å². The van der Waals surface area contributed by atoms with Gasteiger partial charge in [-0.05, 0) is 18.9 Å². The van der Waals surface area contributed by atoms with Crippen LogP contribution in [0.3, 0.4) is 0 Å². The molecule has 2 heteroatoms. The largest absolute Gasteiger partial charge is 0.391 e. The summed E-state index contributed by atoms with van der Waals surface area (Å²) < 4.78 is 0. The molecule has 0 saturated carbocycles. The number of benzene rings is 1. The summed E-state index contributed by atoms with van der Waals surface area (Å²) in [6, 6.07) is 11.3. The molecule has 82 valence electrons. The maximum Gasteiger partial charge on any atom is 0.0708 e. The van der Waals surface area contributed by atoms with E-state index in [1.807, 2.05) is 13.0 Å². The number of aliphatic hydroxyl groups excluding tert-OH is 1. The highest BCUT2D eigenvalue weighted by atomic mass is 16.3. The first-order chi connectivity index (χ1) is 7.24. The zero-order valence-electron chi connectivity index (χ0n) is 9.43. The zero-order valence-corrected chi connectivity index (χ0v) is 9.43. The van der Waals surface area contributed by atoms with E-state index in [1.165, 1.54) is 5.56 Å². The van der Waals surface area contributed by atoms with Crippen LogP contribution in [0, 0.1) is 0 Å². The Morgan fingerprint density at radius 1 is 1.33 bits per heavy atom. The first-order valence-electron chi connectivity index (χ1n) is 5.71. The molecule has 1 fully saturated rings. The Hall–Kier alpha value is -0.860. The molecule has 1 heterocycles. The van der Waals surface area contributed by atoms with Gasteiger partial charge in [0.1, 0.15) is 0 Å². The molecule has 0 spiro atoms.